The molecule has 1 aromatic heterocycles. The molecule has 5 heteroatoms. The number of hydrogen-bond acceptors (Lipinski definition) is 3. The summed E-state index contributed by atoms with van der Waals surface area (Å²) in [6.45, 7) is 8.79. The lowest BCUT2D eigenvalue weighted by atomic mass is 10.1. The van der Waals surface area contributed by atoms with Crippen molar-refractivity contribution in [2.45, 2.75) is 45.9 Å². The second-order valence-corrected chi connectivity index (χ2v) is 4.96. The first kappa shape index (κ1) is 13.7. The van der Waals surface area contributed by atoms with E-state index in [0.717, 1.165) is 10.2 Å². The van der Waals surface area contributed by atoms with Gasteiger partial charge in [-0.15, -0.1) is 0 Å². The van der Waals surface area contributed by atoms with Crippen LogP contribution in [0.5, 0.6) is 0 Å². The lowest BCUT2D eigenvalue weighted by molar-refractivity contribution is 0.0549. The van der Waals surface area contributed by atoms with Crippen LogP contribution in [0.3, 0.4) is 0 Å². The van der Waals surface area contributed by atoms with E-state index >= 15 is 0 Å². The number of nitrogens with zero attached hydrogens (tertiary/aromatic N) is 2. The van der Waals surface area contributed by atoms with E-state index in [1.54, 1.807) is 6.20 Å². The van der Waals surface area contributed by atoms with E-state index in [-0.39, 0.29) is 12.1 Å². The van der Waals surface area contributed by atoms with Crippen LogP contribution >= 0.6 is 15.9 Å². The van der Waals surface area contributed by atoms with Crippen LogP contribution in [0.1, 0.15) is 45.5 Å². The van der Waals surface area contributed by atoms with Crippen molar-refractivity contribution < 1.29 is 4.74 Å². The Kier molecular flexibility index (Phi) is 4.95. The fraction of sp³-hybridized carbons (Fsp3) is 0.727. The highest BCUT2D eigenvalue weighted by atomic mass is 79.9. The lowest BCUT2D eigenvalue weighted by Gasteiger charge is -2.22. The third-order valence-corrected chi connectivity index (χ3v) is 3.14. The molecule has 0 fully saturated rings. The molecule has 0 saturated heterocycles. The van der Waals surface area contributed by atoms with E-state index in [9.17, 15) is 0 Å². The summed E-state index contributed by atoms with van der Waals surface area (Å²) in [5.41, 5.74) is 7.19. The van der Waals surface area contributed by atoms with Gasteiger partial charge in [-0.05, 0) is 43.6 Å². The van der Waals surface area contributed by atoms with Crippen molar-refractivity contribution in [2.24, 2.45) is 5.73 Å². The Balaban J connectivity index is 2.97. The van der Waals surface area contributed by atoms with Crippen molar-refractivity contribution in [3.05, 3.63) is 16.4 Å². The van der Waals surface area contributed by atoms with Crippen molar-refractivity contribution in [1.82, 2.24) is 9.78 Å². The van der Waals surface area contributed by atoms with Gasteiger partial charge in [0.05, 0.1) is 28.5 Å². The van der Waals surface area contributed by atoms with Crippen LogP contribution in [0.4, 0.5) is 0 Å². The average molecular weight is 290 g/mol. The molecule has 4 nitrogen and oxygen atoms in total. The smallest absolute Gasteiger partial charge is 0.0755 e. The molecule has 0 saturated carbocycles. The van der Waals surface area contributed by atoms with Gasteiger partial charge in [0, 0.05) is 12.6 Å². The normalized spacial score (nSPS) is 15.4. The van der Waals surface area contributed by atoms with Gasteiger partial charge in [0.1, 0.15) is 0 Å². The maximum atomic E-state index is 6.19. The van der Waals surface area contributed by atoms with Crippen molar-refractivity contribution in [3.8, 4) is 0 Å². The Morgan fingerprint density at radius 2 is 2.12 bits per heavy atom. The molecule has 0 spiro atoms. The quantitative estimate of drug-likeness (QED) is 0.907. The van der Waals surface area contributed by atoms with Gasteiger partial charge in [0.15, 0.2) is 0 Å². The molecule has 1 heterocycles. The van der Waals surface area contributed by atoms with Crippen LogP contribution in [0.25, 0.3) is 0 Å². The van der Waals surface area contributed by atoms with E-state index in [2.05, 4.69) is 34.9 Å². The predicted molar refractivity (Wildman–Crippen MR) is 68.3 cm³/mol. The number of nitrogens with two attached hydrogens (primary N) is 1. The summed E-state index contributed by atoms with van der Waals surface area (Å²) in [7, 11) is 0. The van der Waals surface area contributed by atoms with Crippen molar-refractivity contribution >= 4 is 15.9 Å². The van der Waals surface area contributed by atoms with Gasteiger partial charge in [0.25, 0.3) is 0 Å². The van der Waals surface area contributed by atoms with Crippen LogP contribution < -0.4 is 5.73 Å². The number of aromatic nitrogens is 2. The lowest BCUT2D eigenvalue weighted by Crippen LogP contribution is -2.29. The van der Waals surface area contributed by atoms with E-state index in [0.29, 0.717) is 12.6 Å². The molecule has 0 aliphatic heterocycles. The zero-order valence-electron chi connectivity index (χ0n) is 10.3. The number of rotatable bonds is 5. The van der Waals surface area contributed by atoms with E-state index < -0.39 is 0 Å². The van der Waals surface area contributed by atoms with Gasteiger partial charge in [-0.25, -0.2) is 0 Å². The maximum absolute atomic E-state index is 6.19. The van der Waals surface area contributed by atoms with Gasteiger partial charge < -0.3 is 10.5 Å². The zero-order valence-corrected chi connectivity index (χ0v) is 11.9. The predicted octanol–water partition coefficient (Wildman–Crippen LogP) is 2.65. The molecule has 0 aromatic carbocycles. The molecular formula is C11H20BrN3O. The summed E-state index contributed by atoms with van der Waals surface area (Å²) in [6, 6.07) is 0.125. The highest BCUT2D eigenvalue weighted by molar-refractivity contribution is 9.10. The first-order valence-electron chi connectivity index (χ1n) is 5.59. The summed E-state index contributed by atoms with van der Waals surface area (Å²) in [5, 5.41) is 4.31. The molecule has 2 unspecified atom stereocenters. The topological polar surface area (TPSA) is 53.1 Å². The van der Waals surface area contributed by atoms with E-state index in [1.165, 1.54) is 0 Å². The summed E-state index contributed by atoms with van der Waals surface area (Å²) in [5.74, 6) is 0. The molecule has 16 heavy (non-hydrogen) atoms. The number of halogens is 1. The molecule has 92 valence electrons. The summed E-state index contributed by atoms with van der Waals surface area (Å²) < 4.78 is 8.41. The molecule has 2 atom stereocenters. The largest absolute Gasteiger partial charge is 0.377 e. The van der Waals surface area contributed by atoms with Crippen molar-refractivity contribution in [1.29, 1.82) is 0 Å². The molecule has 1 aromatic rings. The fourth-order valence-corrected chi connectivity index (χ4v) is 2.20. The minimum Gasteiger partial charge on any atom is -0.377 e. The highest BCUT2D eigenvalue weighted by Gasteiger charge is 2.23. The van der Waals surface area contributed by atoms with Gasteiger partial charge in [-0.1, -0.05) is 0 Å². The van der Waals surface area contributed by atoms with Crippen LogP contribution in [0.15, 0.2) is 10.7 Å². The van der Waals surface area contributed by atoms with Crippen LogP contribution in [0, 0.1) is 0 Å². The van der Waals surface area contributed by atoms with Crippen LogP contribution in [-0.2, 0) is 4.74 Å². The second kappa shape index (κ2) is 5.80. The zero-order chi connectivity index (χ0) is 12.3. The average Bonchev–Trinajstić information content (AvgIpc) is 2.59. The van der Waals surface area contributed by atoms with Gasteiger partial charge >= 0.3 is 0 Å². The third kappa shape index (κ3) is 2.84. The number of ether oxygens (including phenoxy) is 1. The molecule has 0 amide bonds. The summed E-state index contributed by atoms with van der Waals surface area (Å²) in [4.78, 5) is 0. The number of hydrogen-bond donors (Lipinski definition) is 1. The Hall–Kier alpha value is -0.390. The molecule has 1 rings (SSSR count). The van der Waals surface area contributed by atoms with Gasteiger partial charge in [-0.2, -0.15) is 5.10 Å². The first-order chi connectivity index (χ1) is 7.49. The van der Waals surface area contributed by atoms with Gasteiger partial charge in [-0.3, -0.25) is 4.68 Å². The summed E-state index contributed by atoms with van der Waals surface area (Å²) in [6.07, 6.45) is 1.77. The van der Waals surface area contributed by atoms with Gasteiger partial charge in [0.2, 0.25) is 0 Å². The molecular weight excluding hydrogens is 270 g/mol. The van der Waals surface area contributed by atoms with E-state index in [4.69, 9.17) is 10.5 Å². The van der Waals surface area contributed by atoms with E-state index in [1.807, 2.05) is 18.5 Å². The summed E-state index contributed by atoms with van der Waals surface area (Å²) >= 11 is 3.49. The minimum absolute atomic E-state index is 0.0181. The fourth-order valence-electron chi connectivity index (χ4n) is 1.66. The standard InChI is InChI=1S/C11H20BrN3O/c1-5-16-8(4)10(13)11-9(12)6-14-15(11)7(2)3/h6-8,10H,5,13H2,1-4H3. The Bertz CT molecular complexity index is 338. The Morgan fingerprint density at radius 3 is 2.62 bits per heavy atom. The van der Waals surface area contributed by atoms with Crippen LogP contribution in [-0.4, -0.2) is 22.5 Å². The Labute approximate surface area is 105 Å². The SMILES string of the molecule is CCOC(C)C(N)c1c(Br)cnn1C(C)C. The monoisotopic (exact) mass is 289 g/mol. The van der Waals surface area contributed by atoms with Crippen molar-refractivity contribution in [2.75, 3.05) is 6.61 Å². The molecule has 0 aliphatic rings. The third-order valence-electron chi connectivity index (χ3n) is 2.53. The Morgan fingerprint density at radius 1 is 1.50 bits per heavy atom. The molecule has 0 aliphatic carbocycles. The highest BCUT2D eigenvalue weighted by Crippen LogP contribution is 2.27. The second-order valence-electron chi connectivity index (χ2n) is 4.10. The molecule has 0 radical (unpaired) electrons. The van der Waals surface area contributed by atoms with Crippen molar-refractivity contribution in [3.63, 3.8) is 0 Å². The molecule has 0 bridgehead atoms. The molecule has 2 N–H and O–H groups in total. The van der Waals surface area contributed by atoms with Crippen LogP contribution in [0.2, 0.25) is 0 Å². The maximum Gasteiger partial charge on any atom is 0.0755 e. The minimum atomic E-state index is -0.167. The first-order valence-corrected chi connectivity index (χ1v) is 6.38.